The first-order valence-electron chi connectivity index (χ1n) is 6.18. The molecule has 0 unspecified atom stereocenters. The van der Waals surface area contributed by atoms with Crippen LogP contribution in [0.4, 0.5) is 15.8 Å². The topological polar surface area (TPSA) is 70.9 Å². The van der Waals surface area contributed by atoms with E-state index in [-0.39, 0.29) is 5.91 Å². The van der Waals surface area contributed by atoms with Crippen LogP contribution in [0.1, 0.15) is 10.5 Å². The SMILES string of the molecule is Nc1cccc2cc(C(=O)Nc3ccc(Br)c(F)c3)[nH]c12. The minimum absolute atomic E-state index is 0.346. The number of carbonyl (C=O) groups excluding carboxylic acids is 1. The van der Waals surface area contributed by atoms with E-state index >= 15 is 0 Å². The number of aromatic amines is 1. The number of nitrogens with one attached hydrogen (secondary N) is 2. The summed E-state index contributed by atoms with van der Waals surface area (Å²) in [7, 11) is 0. The lowest BCUT2D eigenvalue weighted by Crippen LogP contribution is -2.12. The smallest absolute Gasteiger partial charge is 0.272 e. The van der Waals surface area contributed by atoms with Crippen LogP contribution in [0, 0.1) is 5.82 Å². The van der Waals surface area contributed by atoms with Gasteiger partial charge in [-0.25, -0.2) is 4.39 Å². The third kappa shape index (κ3) is 2.62. The molecule has 0 radical (unpaired) electrons. The lowest BCUT2D eigenvalue weighted by atomic mass is 10.2. The summed E-state index contributed by atoms with van der Waals surface area (Å²) < 4.78 is 13.8. The van der Waals surface area contributed by atoms with E-state index < -0.39 is 5.82 Å². The Balaban J connectivity index is 1.90. The van der Waals surface area contributed by atoms with Crippen LogP contribution >= 0.6 is 15.9 Å². The molecule has 21 heavy (non-hydrogen) atoms. The van der Waals surface area contributed by atoms with Crippen LogP contribution in [-0.4, -0.2) is 10.9 Å². The fraction of sp³-hybridized carbons (Fsp3) is 0. The Morgan fingerprint density at radius 3 is 2.76 bits per heavy atom. The molecule has 6 heteroatoms. The maximum absolute atomic E-state index is 13.4. The molecular formula is C15H11BrFN3O. The number of hydrogen-bond acceptors (Lipinski definition) is 2. The number of para-hydroxylation sites is 1. The number of H-pyrrole nitrogens is 1. The third-order valence-electron chi connectivity index (χ3n) is 3.11. The van der Waals surface area contributed by atoms with Gasteiger partial charge in [0.05, 0.1) is 15.7 Å². The standard InChI is InChI=1S/C15H11BrFN3O/c16-10-5-4-9(7-11(10)17)19-15(21)13-6-8-2-1-3-12(18)14(8)20-13/h1-7,20H,18H2,(H,19,21). The third-order valence-corrected chi connectivity index (χ3v) is 3.75. The van der Waals surface area contributed by atoms with Crippen LogP contribution in [0.3, 0.4) is 0 Å². The minimum Gasteiger partial charge on any atom is -0.397 e. The number of amides is 1. The van der Waals surface area contributed by atoms with Crippen molar-refractivity contribution >= 4 is 44.1 Å². The molecule has 3 aromatic rings. The van der Waals surface area contributed by atoms with Gasteiger partial charge in [0, 0.05) is 11.1 Å². The predicted molar refractivity (Wildman–Crippen MR) is 84.8 cm³/mol. The average Bonchev–Trinajstić information content (AvgIpc) is 2.89. The Morgan fingerprint density at radius 2 is 2.05 bits per heavy atom. The highest BCUT2D eigenvalue weighted by Gasteiger charge is 2.11. The fourth-order valence-electron chi connectivity index (χ4n) is 2.07. The summed E-state index contributed by atoms with van der Waals surface area (Å²) >= 11 is 3.06. The number of halogens is 2. The van der Waals surface area contributed by atoms with Gasteiger partial charge >= 0.3 is 0 Å². The summed E-state index contributed by atoms with van der Waals surface area (Å²) in [5, 5.41) is 3.48. The molecule has 1 heterocycles. The second kappa shape index (κ2) is 5.21. The Bertz CT molecular complexity index is 844. The van der Waals surface area contributed by atoms with Gasteiger partial charge < -0.3 is 16.0 Å². The van der Waals surface area contributed by atoms with Crippen molar-refractivity contribution in [2.24, 2.45) is 0 Å². The second-order valence-corrected chi connectivity index (χ2v) is 5.43. The molecule has 0 atom stereocenters. The van der Waals surface area contributed by atoms with E-state index in [1.54, 1.807) is 18.2 Å². The Kier molecular flexibility index (Phi) is 3.39. The van der Waals surface area contributed by atoms with Crippen LogP contribution in [0.15, 0.2) is 46.9 Å². The predicted octanol–water partition coefficient (Wildman–Crippen LogP) is 3.90. The number of fused-ring (bicyclic) bond motifs is 1. The van der Waals surface area contributed by atoms with Crippen LogP contribution in [0.2, 0.25) is 0 Å². The van der Waals surface area contributed by atoms with Gasteiger partial charge in [-0.3, -0.25) is 4.79 Å². The van der Waals surface area contributed by atoms with Crippen molar-refractivity contribution in [3.8, 4) is 0 Å². The number of aromatic nitrogens is 1. The summed E-state index contributed by atoms with van der Waals surface area (Å²) in [6, 6.07) is 11.5. The molecule has 0 fully saturated rings. The molecule has 0 spiro atoms. The number of rotatable bonds is 2. The zero-order valence-electron chi connectivity index (χ0n) is 10.8. The largest absolute Gasteiger partial charge is 0.397 e. The minimum atomic E-state index is -0.436. The molecule has 4 N–H and O–H groups in total. The van der Waals surface area contributed by atoms with Gasteiger partial charge in [-0.2, -0.15) is 0 Å². The van der Waals surface area contributed by atoms with Gasteiger partial charge in [0.1, 0.15) is 11.5 Å². The van der Waals surface area contributed by atoms with E-state index in [2.05, 4.69) is 26.2 Å². The second-order valence-electron chi connectivity index (χ2n) is 4.58. The van der Waals surface area contributed by atoms with E-state index in [9.17, 15) is 9.18 Å². The van der Waals surface area contributed by atoms with E-state index in [4.69, 9.17) is 5.73 Å². The lowest BCUT2D eigenvalue weighted by Gasteiger charge is -2.04. The fourth-order valence-corrected chi connectivity index (χ4v) is 2.32. The van der Waals surface area contributed by atoms with Gasteiger partial charge in [0.2, 0.25) is 0 Å². The van der Waals surface area contributed by atoms with Crippen molar-refractivity contribution in [3.05, 3.63) is 58.4 Å². The number of nitrogen functional groups attached to an aromatic ring is 1. The first kappa shape index (κ1) is 13.6. The van der Waals surface area contributed by atoms with Crippen LogP contribution in [0.5, 0.6) is 0 Å². The summed E-state index contributed by atoms with van der Waals surface area (Å²) in [4.78, 5) is 15.1. The monoisotopic (exact) mass is 347 g/mol. The molecule has 0 aliphatic heterocycles. The van der Waals surface area contributed by atoms with Gasteiger partial charge in [-0.05, 0) is 46.3 Å². The van der Waals surface area contributed by atoms with Crippen molar-refractivity contribution in [1.82, 2.24) is 4.98 Å². The van der Waals surface area contributed by atoms with E-state index in [1.165, 1.54) is 12.1 Å². The molecule has 4 nitrogen and oxygen atoms in total. The Labute approximate surface area is 128 Å². The number of carbonyl (C=O) groups is 1. The number of anilines is 2. The number of hydrogen-bond donors (Lipinski definition) is 3. The zero-order valence-corrected chi connectivity index (χ0v) is 12.4. The summed E-state index contributed by atoms with van der Waals surface area (Å²) in [5.74, 6) is -0.791. The summed E-state index contributed by atoms with van der Waals surface area (Å²) in [5.41, 5.74) is 7.87. The van der Waals surface area contributed by atoms with Gasteiger partial charge in [-0.15, -0.1) is 0 Å². The van der Waals surface area contributed by atoms with Gasteiger partial charge in [0.15, 0.2) is 0 Å². The molecule has 0 saturated heterocycles. The molecule has 3 rings (SSSR count). The lowest BCUT2D eigenvalue weighted by molar-refractivity contribution is 0.102. The van der Waals surface area contributed by atoms with E-state index in [1.807, 2.05) is 12.1 Å². The number of benzene rings is 2. The van der Waals surface area contributed by atoms with Crippen molar-refractivity contribution < 1.29 is 9.18 Å². The molecular weight excluding hydrogens is 337 g/mol. The molecule has 0 aliphatic rings. The molecule has 0 saturated carbocycles. The van der Waals surface area contributed by atoms with E-state index in [0.29, 0.717) is 27.1 Å². The first-order chi connectivity index (χ1) is 10.0. The Hall–Kier alpha value is -2.34. The van der Waals surface area contributed by atoms with Crippen molar-refractivity contribution in [2.45, 2.75) is 0 Å². The normalized spacial score (nSPS) is 10.8. The molecule has 2 aromatic carbocycles. The van der Waals surface area contributed by atoms with Crippen LogP contribution in [-0.2, 0) is 0 Å². The molecule has 106 valence electrons. The first-order valence-corrected chi connectivity index (χ1v) is 6.97. The maximum Gasteiger partial charge on any atom is 0.272 e. The molecule has 0 aliphatic carbocycles. The van der Waals surface area contributed by atoms with Gasteiger partial charge in [0.25, 0.3) is 5.91 Å². The Morgan fingerprint density at radius 1 is 1.24 bits per heavy atom. The van der Waals surface area contributed by atoms with Crippen LogP contribution in [0.25, 0.3) is 10.9 Å². The molecule has 0 bridgehead atoms. The maximum atomic E-state index is 13.4. The average molecular weight is 348 g/mol. The molecule has 1 amide bonds. The highest BCUT2D eigenvalue weighted by Crippen LogP contribution is 2.23. The highest BCUT2D eigenvalue weighted by atomic mass is 79.9. The van der Waals surface area contributed by atoms with E-state index in [0.717, 1.165) is 5.39 Å². The summed E-state index contributed by atoms with van der Waals surface area (Å²) in [6.45, 7) is 0. The number of nitrogens with two attached hydrogens (primary N) is 1. The van der Waals surface area contributed by atoms with Crippen molar-refractivity contribution in [3.63, 3.8) is 0 Å². The molecule has 1 aromatic heterocycles. The van der Waals surface area contributed by atoms with Crippen molar-refractivity contribution in [2.75, 3.05) is 11.1 Å². The quantitative estimate of drug-likeness (QED) is 0.615. The van der Waals surface area contributed by atoms with Crippen molar-refractivity contribution in [1.29, 1.82) is 0 Å². The zero-order chi connectivity index (χ0) is 15.0. The van der Waals surface area contributed by atoms with Crippen LogP contribution < -0.4 is 11.1 Å². The van der Waals surface area contributed by atoms with Gasteiger partial charge in [-0.1, -0.05) is 12.1 Å². The highest BCUT2D eigenvalue weighted by molar-refractivity contribution is 9.10. The summed E-state index contributed by atoms with van der Waals surface area (Å²) in [6.07, 6.45) is 0.